The molecule has 0 aliphatic rings. The zero-order valence-corrected chi connectivity index (χ0v) is 10.1. The fourth-order valence-electron chi connectivity index (χ4n) is 1.64. The number of rotatable bonds is 4. The Kier molecular flexibility index (Phi) is 3.37. The Bertz CT molecular complexity index is 487. The Morgan fingerprint density at radius 3 is 3.06 bits per heavy atom. The minimum atomic E-state index is -0.0397. The van der Waals surface area contributed by atoms with E-state index in [9.17, 15) is 4.79 Å². The first-order valence-electron chi connectivity index (χ1n) is 5.76. The van der Waals surface area contributed by atoms with Crippen molar-refractivity contribution in [3.05, 3.63) is 30.5 Å². The lowest BCUT2D eigenvalue weighted by Crippen LogP contribution is -2.27. The van der Waals surface area contributed by atoms with E-state index in [4.69, 9.17) is 0 Å². The smallest absolute Gasteiger partial charge is 0.273 e. The normalized spacial score (nSPS) is 10.7. The van der Waals surface area contributed by atoms with Crippen LogP contribution in [0.25, 0.3) is 5.65 Å². The largest absolute Gasteiger partial charge is 0.340 e. The van der Waals surface area contributed by atoms with Crippen molar-refractivity contribution in [2.45, 2.75) is 19.8 Å². The molecule has 0 bridgehead atoms. The molecule has 0 radical (unpaired) electrons. The van der Waals surface area contributed by atoms with E-state index in [0.29, 0.717) is 11.3 Å². The second-order valence-electron chi connectivity index (χ2n) is 4.05. The molecule has 0 saturated carbocycles. The number of carbonyl (C=O) groups excluding carboxylic acids is 1. The first-order chi connectivity index (χ1) is 8.22. The van der Waals surface area contributed by atoms with Crippen LogP contribution in [0.5, 0.6) is 0 Å². The predicted octanol–water partition coefficient (Wildman–Crippen LogP) is 1.60. The van der Waals surface area contributed by atoms with Crippen LogP contribution >= 0.6 is 0 Å². The summed E-state index contributed by atoms with van der Waals surface area (Å²) in [5.41, 5.74) is 1.16. The number of hydrogen-bond donors (Lipinski definition) is 0. The van der Waals surface area contributed by atoms with E-state index < -0.39 is 0 Å². The molecule has 2 rings (SSSR count). The summed E-state index contributed by atoms with van der Waals surface area (Å²) in [4.78, 5) is 22.0. The molecule has 0 unspecified atom stereocenters. The topological polar surface area (TPSA) is 50.5 Å². The quantitative estimate of drug-likeness (QED) is 0.804. The molecule has 0 fully saturated rings. The molecule has 90 valence electrons. The molecule has 0 spiro atoms. The van der Waals surface area contributed by atoms with Gasteiger partial charge in [0.2, 0.25) is 0 Å². The number of unbranched alkanes of at least 4 members (excludes halogenated alkanes) is 1. The van der Waals surface area contributed by atoms with Gasteiger partial charge in [0, 0.05) is 32.2 Å². The molecule has 2 heterocycles. The summed E-state index contributed by atoms with van der Waals surface area (Å²) >= 11 is 0. The third kappa shape index (κ3) is 2.43. The lowest BCUT2D eigenvalue weighted by Gasteiger charge is -2.14. The second kappa shape index (κ2) is 4.95. The number of nitrogens with zero attached hydrogens (tertiary/aromatic N) is 4. The number of amides is 1. The van der Waals surface area contributed by atoms with Crippen molar-refractivity contribution in [2.75, 3.05) is 13.6 Å². The van der Waals surface area contributed by atoms with E-state index in [1.807, 2.05) is 0 Å². The molecule has 0 aromatic carbocycles. The molecule has 0 aliphatic carbocycles. The van der Waals surface area contributed by atoms with Crippen molar-refractivity contribution in [3.8, 4) is 0 Å². The van der Waals surface area contributed by atoms with E-state index in [-0.39, 0.29) is 5.91 Å². The maximum atomic E-state index is 12.0. The van der Waals surface area contributed by atoms with E-state index in [0.717, 1.165) is 19.4 Å². The molecule has 0 N–H and O–H groups in total. The van der Waals surface area contributed by atoms with Crippen molar-refractivity contribution in [3.63, 3.8) is 0 Å². The Labute approximate surface area is 100 Å². The van der Waals surface area contributed by atoms with Crippen molar-refractivity contribution in [1.82, 2.24) is 19.3 Å². The van der Waals surface area contributed by atoms with Crippen molar-refractivity contribution in [1.29, 1.82) is 0 Å². The van der Waals surface area contributed by atoms with Gasteiger partial charge in [-0.05, 0) is 6.42 Å². The van der Waals surface area contributed by atoms with Gasteiger partial charge in [0.1, 0.15) is 5.69 Å². The maximum Gasteiger partial charge on any atom is 0.273 e. The summed E-state index contributed by atoms with van der Waals surface area (Å²) in [7, 11) is 1.81. The number of carbonyl (C=O) groups is 1. The molecule has 5 nitrogen and oxygen atoms in total. The van der Waals surface area contributed by atoms with Gasteiger partial charge in [0.25, 0.3) is 5.91 Å². The summed E-state index contributed by atoms with van der Waals surface area (Å²) in [6.07, 6.45) is 8.92. The Morgan fingerprint density at radius 2 is 2.35 bits per heavy atom. The lowest BCUT2D eigenvalue weighted by molar-refractivity contribution is 0.0788. The molecule has 2 aromatic rings. The van der Waals surface area contributed by atoms with Gasteiger partial charge >= 0.3 is 0 Å². The fraction of sp³-hybridized carbons (Fsp3) is 0.417. The number of imidazole rings is 1. The average Bonchev–Trinajstić information content (AvgIpc) is 2.78. The maximum absolute atomic E-state index is 12.0. The van der Waals surface area contributed by atoms with Crippen molar-refractivity contribution >= 4 is 11.6 Å². The molecule has 17 heavy (non-hydrogen) atoms. The Morgan fingerprint density at radius 1 is 1.53 bits per heavy atom. The van der Waals surface area contributed by atoms with Gasteiger partial charge < -0.3 is 9.30 Å². The number of hydrogen-bond acceptors (Lipinski definition) is 3. The zero-order chi connectivity index (χ0) is 12.3. The minimum Gasteiger partial charge on any atom is -0.340 e. The molecule has 2 aromatic heterocycles. The zero-order valence-electron chi connectivity index (χ0n) is 10.1. The van der Waals surface area contributed by atoms with Gasteiger partial charge in [0.15, 0.2) is 5.65 Å². The molecule has 0 atom stereocenters. The van der Waals surface area contributed by atoms with Crippen LogP contribution in [0.1, 0.15) is 30.3 Å². The van der Waals surface area contributed by atoms with E-state index in [1.54, 1.807) is 41.1 Å². The summed E-state index contributed by atoms with van der Waals surface area (Å²) < 4.78 is 1.80. The highest BCUT2D eigenvalue weighted by atomic mass is 16.2. The molecular weight excluding hydrogens is 216 g/mol. The van der Waals surface area contributed by atoms with Crippen LogP contribution in [0, 0.1) is 0 Å². The molecule has 1 amide bonds. The first kappa shape index (κ1) is 11.6. The van der Waals surface area contributed by atoms with Gasteiger partial charge in [-0.15, -0.1) is 0 Å². The minimum absolute atomic E-state index is 0.0397. The average molecular weight is 232 g/mol. The van der Waals surface area contributed by atoms with Crippen molar-refractivity contribution in [2.24, 2.45) is 0 Å². The van der Waals surface area contributed by atoms with Crippen LogP contribution in [0.4, 0.5) is 0 Å². The SMILES string of the molecule is CCCCN(C)C(=O)c1cn2ccncc2n1. The molecule has 0 aliphatic heterocycles. The summed E-state index contributed by atoms with van der Waals surface area (Å²) in [5, 5.41) is 0. The number of fused-ring (bicyclic) bond motifs is 1. The van der Waals surface area contributed by atoms with Gasteiger partial charge in [-0.2, -0.15) is 0 Å². The Balaban J connectivity index is 2.18. The van der Waals surface area contributed by atoms with Crippen LogP contribution in [0.15, 0.2) is 24.8 Å². The highest BCUT2D eigenvalue weighted by Crippen LogP contribution is 2.06. The highest BCUT2D eigenvalue weighted by Gasteiger charge is 2.14. The molecule has 0 saturated heterocycles. The van der Waals surface area contributed by atoms with Gasteiger partial charge in [-0.25, -0.2) is 4.98 Å². The second-order valence-corrected chi connectivity index (χ2v) is 4.05. The van der Waals surface area contributed by atoms with Crippen LogP contribution in [-0.2, 0) is 0 Å². The summed E-state index contributed by atoms with van der Waals surface area (Å²) in [6.45, 7) is 2.87. The predicted molar refractivity (Wildman–Crippen MR) is 64.9 cm³/mol. The summed E-state index contributed by atoms with van der Waals surface area (Å²) in [5.74, 6) is -0.0397. The van der Waals surface area contributed by atoms with Crippen LogP contribution in [-0.4, -0.2) is 38.8 Å². The molecular formula is C12H16N4O. The monoisotopic (exact) mass is 232 g/mol. The van der Waals surface area contributed by atoms with E-state index in [1.165, 1.54) is 0 Å². The van der Waals surface area contributed by atoms with Gasteiger partial charge in [-0.1, -0.05) is 13.3 Å². The number of aromatic nitrogens is 3. The van der Waals surface area contributed by atoms with Gasteiger partial charge in [0.05, 0.1) is 6.20 Å². The standard InChI is InChI=1S/C12H16N4O/c1-3-4-6-15(2)12(17)10-9-16-7-5-13-8-11(16)14-10/h5,7-9H,3-4,6H2,1-2H3. The third-order valence-corrected chi connectivity index (χ3v) is 2.68. The highest BCUT2D eigenvalue weighted by molar-refractivity contribution is 5.92. The molecule has 5 heteroatoms. The van der Waals surface area contributed by atoms with Gasteiger partial charge in [-0.3, -0.25) is 9.78 Å². The van der Waals surface area contributed by atoms with Crippen LogP contribution in [0.3, 0.4) is 0 Å². The third-order valence-electron chi connectivity index (χ3n) is 2.68. The Hall–Kier alpha value is -1.91. The van der Waals surface area contributed by atoms with Crippen LogP contribution in [0.2, 0.25) is 0 Å². The lowest BCUT2D eigenvalue weighted by atomic mass is 10.3. The first-order valence-corrected chi connectivity index (χ1v) is 5.76. The van der Waals surface area contributed by atoms with E-state index in [2.05, 4.69) is 16.9 Å². The van der Waals surface area contributed by atoms with Crippen LogP contribution < -0.4 is 0 Å². The summed E-state index contributed by atoms with van der Waals surface area (Å²) in [6, 6.07) is 0. The van der Waals surface area contributed by atoms with E-state index >= 15 is 0 Å². The fourth-order valence-corrected chi connectivity index (χ4v) is 1.64. The van der Waals surface area contributed by atoms with Crippen molar-refractivity contribution < 1.29 is 4.79 Å².